The molecule has 1 rings (SSSR count). The lowest BCUT2D eigenvalue weighted by molar-refractivity contribution is -0.137. The summed E-state index contributed by atoms with van der Waals surface area (Å²) in [6.45, 7) is 0. The van der Waals surface area contributed by atoms with Crippen LogP contribution in [0.4, 0.5) is 5.69 Å². The molecule has 98 valence electrons. The van der Waals surface area contributed by atoms with E-state index in [1.54, 1.807) is 12.1 Å². The van der Waals surface area contributed by atoms with Crippen molar-refractivity contribution in [2.75, 3.05) is 5.32 Å². The van der Waals surface area contributed by atoms with Crippen molar-refractivity contribution in [3.8, 4) is 0 Å². The molecule has 0 radical (unpaired) electrons. The fraction of sp³-hybridized carbons (Fsp3) is 0.273. The molecular formula is C11H12Cl2N2O3. The minimum Gasteiger partial charge on any atom is -0.481 e. The lowest BCUT2D eigenvalue weighted by Crippen LogP contribution is -2.36. The monoisotopic (exact) mass is 290 g/mol. The van der Waals surface area contributed by atoms with Crippen molar-refractivity contribution in [1.82, 2.24) is 0 Å². The summed E-state index contributed by atoms with van der Waals surface area (Å²) >= 11 is 11.6. The van der Waals surface area contributed by atoms with E-state index in [2.05, 4.69) is 5.32 Å². The number of rotatable bonds is 5. The molecule has 0 aliphatic carbocycles. The Balaban J connectivity index is 2.63. The Morgan fingerprint density at radius 2 is 2.06 bits per heavy atom. The van der Waals surface area contributed by atoms with Crippen LogP contribution >= 0.6 is 23.2 Å². The molecule has 18 heavy (non-hydrogen) atoms. The minimum absolute atomic E-state index is 0.0549. The first-order valence-electron chi connectivity index (χ1n) is 5.13. The van der Waals surface area contributed by atoms with Gasteiger partial charge >= 0.3 is 5.97 Å². The van der Waals surface area contributed by atoms with Gasteiger partial charge in [-0.2, -0.15) is 0 Å². The third-order valence-electron chi connectivity index (χ3n) is 2.19. The van der Waals surface area contributed by atoms with Crippen LogP contribution in [0.1, 0.15) is 12.8 Å². The number of aliphatic carboxylic acids is 1. The maximum atomic E-state index is 11.7. The molecule has 5 nitrogen and oxygen atoms in total. The molecule has 0 aliphatic heterocycles. The molecule has 0 fully saturated rings. The van der Waals surface area contributed by atoms with Crippen LogP contribution in [0.2, 0.25) is 10.0 Å². The molecule has 0 heterocycles. The van der Waals surface area contributed by atoms with Crippen molar-refractivity contribution < 1.29 is 14.7 Å². The van der Waals surface area contributed by atoms with E-state index in [1.165, 1.54) is 6.07 Å². The molecule has 1 aromatic carbocycles. The summed E-state index contributed by atoms with van der Waals surface area (Å²) < 4.78 is 0. The standard InChI is InChI=1S/C11H12Cl2N2O3/c12-6-1-2-7(13)9(5-6)15-11(18)8(14)3-4-10(16)17/h1-2,5,8H,3-4,14H2,(H,15,18)(H,16,17). The van der Waals surface area contributed by atoms with E-state index in [9.17, 15) is 9.59 Å². The summed E-state index contributed by atoms with van der Waals surface area (Å²) in [4.78, 5) is 22.0. The SMILES string of the molecule is NC(CCC(=O)O)C(=O)Nc1cc(Cl)ccc1Cl. The summed E-state index contributed by atoms with van der Waals surface area (Å²) in [5, 5.41) is 11.7. The number of carboxylic acids is 1. The van der Waals surface area contributed by atoms with Crippen molar-refractivity contribution in [1.29, 1.82) is 0 Å². The largest absolute Gasteiger partial charge is 0.481 e. The first-order chi connectivity index (χ1) is 8.40. The van der Waals surface area contributed by atoms with Gasteiger partial charge in [-0.05, 0) is 24.6 Å². The van der Waals surface area contributed by atoms with Gasteiger partial charge in [-0.25, -0.2) is 0 Å². The third-order valence-corrected chi connectivity index (χ3v) is 2.76. The summed E-state index contributed by atoms with van der Waals surface area (Å²) in [6.07, 6.45) is -0.114. The van der Waals surface area contributed by atoms with Crippen LogP contribution in [0.3, 0.4) is 0 Å². The summed E-state index contributed by atoms with van der Waals surface area (Å²) in [5.41, 5.74) is 5.90. The van der Waals surface area contributed by atoms with Gasteiger partial charge in [0.15, 0.2) is 0 Å². The highest BCUT2D eigenvalue weighted by Crippen LogP contribution is 2.25. The first kappa shape index (κ1) is 14.8. The van der Waals surface area contributed by atoms with E-state index < -0.39 is 17.9 Å². The number of hydrogen-bond donors (Lipinski definition) is 3. The summed E-state index contributed by atoms with van der Waals surface area (Å²) in [6, 6.07) is 3.72. The Hall–Kier alpha value is -1.30. The molecule has 4 N–H and O–H groups in total. The second kappa shape index (κ2) is 6.58. The predicted octanol–water partition coefficient (Wildman–Crippen LogP) is 2.12. The molecule has 1 amide bonds. The van der Waals surface area contributed by atoms with Crippen LogP contribution < -0.4 is 11.1 Å². The van der Waals surface area contributed by atoms with Crippen LogP contribution in [0.25, 0.3) is 0 Å². The van der Waals surface area contributed by atoms with Crippen LogP contribution in [-0.4, -0.2) is 23.0 Å². The predicted molar refractivity (Wildman–Crippen MR) is 69.9 cm³/mol. The molecule has 7 heteroatoms. The second-order valence-electron chi connectivity index (χ2n) is 3.65. The van der Waals surface area contributed by atoms with Crippen molar-refractivity contribution >= 4 is 40.8 Å². The van der Waals surface area contributed by atoms with E-state index in [0.29, 0.717) is 15.7 Å². The van der Waals surface area contributed by atoms with Gasteiger partial charge in [-0.3, -0.25) is 9.59 Å². The zero-order chi connectivity index (χ0) is 13.7. The Morgan fingerprint density at radius 1 is 1.39 bits per heavy atom. The lowest BCUT2D eigenvalue weighted by atomic mass is 10.1. The number of carboxylic acid groups (broad SMARTS) is 1. The number of nitrogens with one attached hydrogen (secondary N) is 1. The van der Waals surface area contributed by atoms with Crippen LogP contribution in [-0.2, 0) is 9.59 Å². The van der Waals surface area contributed by atoms with Gasteiger partial charge < -0.3 is 16.2 Å². The summed E-state index contributed by atoms with van der Waals surface area (Å²) in [5.74, 6) is -1.50. The number of nitrogens with two attached hydrogens (primary N) is 1. The minimum atomic E-state index is -1.00. The van der Waals surface area contributed by atoms with Crippen molar-refractivity contribution in [3.05, 3.63) is 28.2 Å². The fourth-order valence-corrected chi connectivity index (χ4v) is 1.57. The maximum Gasteiger partial charge on any atom is 0.303 e. The maximum absolute atomic E-state index is 11.7. The van der Waals surface area contributed by atoms with Gasteiger partial charge in [0.2, 0.25) is 5.91 Å². The highest BCUT2D eigenvalue weighted by atomic mass is 35.5. The van der Waals surface area contributed by atoms with Gasteiger partial charge in [-0.15, -0.1) is 0 Å². The molecule has 0 aliphatic rings. The molecule has 1 atom stereocenters. The number of anilines is 1. The Labute approximate surface area is 114 Å². The molecule has 0 saturated carbocycles. The zero-order valence-corrected chi connectivity index (χ0v) is 10.8. The van der Waals surface area contributed by atoms with Crippen molar-refractivity contribution in [2.24, 2.45) is 5.73 Å². The van der Waals surface area contributed by atoms with E-state index >= 15 is 0 Å². The number of halogens is 2. The van der Waals surface area contributed by atoms with Crippen LogP contribution in [0, 0.1) is 0 Å². The number of carbonyl (C=O) groups is 2. The van der Waals surface area contributed by atoms with Gasteiger partial charge in [0, 0.05) is 11.4 Å². The quantitative estimate of drug-likeness (QED) is 0.774. The van der Waals surface area contributed by atoms with E-state index in [0.717, 1.165) is 0 Å². The van der Waals surface area contributed by atoms with Crippen LogP contribution in [0.5, 0.6) is 0 Å². The van der Waals surface area contributed by atoms with Gasteiger partial charge in [-0.1, -0.05) is 23.2 Å². The zero-order valence-electron chi connectivity index (χ0n) is 9.32. The molecular weight excluding hydrogens is 279 g/mol. The molecule has 0 aromatic heterocycles. The average Bonchev–Trinajstić information content (AvgIpc) is 2.30. The van der Waals surface area contributed by atoms with Gasteiger partial charge in [0.05, 0.1) is 16.8 Å². The Bertz CT molecular complexity index is 466. The van der Waals surface area contributed by atoms with Crippen molar-refractivity contribution in [2.45, 2.75) is 18.9 Å². The molecule has 0 saturated heterocycles. The highest BCUT2D eigenvalue weighted by Gasteiger charge is 2.16. The average molecular weight is 291 g/mol. The normalized spacial score (nSPS) is 11.9. The topological polar surface area (TPSA) is 92.4 Å². The number of hydrogen-bond acceptors (Lipinski definition) is 3. The molecule has 1 aromatic rings. The summed E-state index contributed by atoms with van der Waals surface area (Å²) in [7, 11) is 0. The van der Waals surface area contributed by atoms with E-state index in [4.69, 9.17) is 34.0 Å². The lowest BCUT2D eigenvalue weighted by Gasteiger charge is -2.12. The van der Waals surface area contributed by atoms with E-state index in [1.807, 2.05) is 0 Å². The third kappa shape index (κ3) is 4.52. The van der Waals surface area contributed by atoms with E-state index in [-0.39, 0.29) is 12.8 Å². The molecule has 0 bridgehead atoms. The number of benzene rings is 1. The van der Waals surface area contributed by atoms with Gasteiger partial charge in [0.1, 0.15) is 0 Å². The Kier molecular flexibility index (Phi) is 5.40. The number of amides is 1. The second-order valence-corrected chi connectivity index (χ2v) is 4.50. The Morgan fingerprint density at radius 3 is 2.67 bits per heavy atom. The highest BCUT2D eigenvalue weighted by molar-refractivity contribution is 6.35. The van der Waals surface area contributed by atoms with Crippen molar-refractivity contribution in [3.63, 3.8) is 0 Å². The molecule has 0 spiro atoms. The molecule has 1 unspecified atom stereocenters. The smallest absolute Gasteiger partial charge is 0.303 e. The first-order valence-corrected chi connectivity index (χ1v) is 5.89. The van der Waals surface area contributed by atoms with Crippen LogP contribution in [0.15, 0.2) is 18.2 Å². The number of carbonyl (C=O) groups excluding carboxylic acids is 1. The van der Waals surface area contributed by atoms with Gasteiger partial charge in [0.25, 0.3) is 0 Å². The fourth-order valence-electron chi connectivity index (χ4n) is 1.23.